The first-order valence-corrected chi connectivity index (χ1v) is 9.09. The van der Waals surface area contributed by atoms with Gasteiger partial charge in [0.1, 0.15) is 5.82 Å². The van der Waals surface area contributed by atoms with Crippen molar-refractivity contribution < 1.29 is 19.1 Å². The summed E-state index contributed by atoms with van der Waals surface area (Å²) in [5.74, 6) is -0.642. The molecule has 1 aliphatic heterocycles. The Hall–Kier alpha value is -1.99. The first-order chi connectivity index (χ1) is 12.4. The summed E-state index contributed by atoms with van der Waals surface area (Å²) in [5.41, 5.74) is 0.514. The van der Waals surface area contributed by atoms with Gasteiger partial charge in [-0.1, -0.05) is 18.2 Å². The lowest BCUT2D eigenvalue weighted by Gasteiger charge is -2.36. The molecule has 7 heteroatoms. The van der Waals surface area contributed by atoms with Gasteiger partial charge < -0.3 is 15.3 Å². The number of nitrogens with one attached hydrogen (secondary N) is 1. The predicted octanol–water partition coefficient (Wildman–Crippen LogP) is 1.14. The zero-order chi connectivity index (χ0) is 19.1. The maximum Gasteiger partial charge on any atom is 0.237 e. The molecule has 2 rings (SSSR count). The molecular weight excluding hydrogens is 337 g/mol. The van der Waals surface area contributed by atoms with Gasteiger partial charge >= 0.3 is 0 Å². The van der Waals surface area contributed by atoms with E-state index in [1.54, 1.807) is 23.1 Å². The van der Waals surface area contributed by atoms with Gasteiger partial charge in [-0.05, 0) is 26.3 Å². The van der Waals surface area contributed by atoms with E-state index < -0.39 is 6.04 Å². The van der Waals surface area contributed by atoms with Crippen LogP contribution in [0.15, 0.2) is 24.3 Å². The highest BCUT2D eigenvalue weighted by Crippen LogP contribution is 2.17. The minimum atomic E-state index is -0.619. The van der Waals surface area contributed by atoms with Crippen molar-refractivity contribution in [2.45, 2.75) is 45.3 Å². The van der Waals surface area contributed by atoms with Crippen molar-refractivity contribution in [3.63, 3.8) is 0 Å². The number of benzene rings is 1. The molecule has 0 aromatic heterocycles. The molecule has 0 unspecified atom stereocenters. The molecule has 2 N–H and O–H groups in total. The number of piperazine rings is 1. The Kier molecular flexibility index (Phi) is 7.53. The number of carbonyl (C=O) groups excluding carboxylic acids is 2. The number of carbonyl (C=O) groups is 2. The lowest BCUT2D eigenvalue weighted by atomic mass is 10.1. The van der Waals surface area contributed by atoms with Crippen LogP contribution in [0, 0.1) is 5.82 Å². The van der Waals surface area contributed by atoms with Crippen LogP contribution in [-0.2, 0) is 16.1 Å². The first kappa shape index (κ1) is 20.3. The van der Waals surface area contributed by atoms with Crippen molar-refractivity contribution in [2.75, 3.05) is 26.2 Å². The Morgan fingerprint density at radius 2 is 2.15 bits per heavy atom. The smallest absolute Gasteiger partial charge is 0.237 e. The normalized spacial score (nSPS) is 18.0. The van der Waals surface area contributed by atoms with Crippen molar-refractivity contribution in [1.29, 1.82) is 0 Å². The van der Waals surface area contributed by atoms with E-state index in [2.05, 4.69) is 5.32 Å². The SMILES string of the molecule is CC(C)N(CCCO)C(=O)C[C@@H]1C(=O)NCCN1Cc1ccccc1F. The Balaban J connectivity index is 2.10. The van der Waals surface area contributed by atoms with Crippen molar-refractivity contribution in [3.05, 3.63) is 35.6 Å². The highest BCUT2D eigenvalue weighted by Gasteiger charge is 2.33. The van der Waals surface area contributed by atoms with Crippen LogP contribution in [0.25, 0.3) is 0 Å². The second kappa shape index (κ2) is 9.64. The monoisotopic (exact) mass is 365 g/mol. The summed E-state index contributed by atoms with van der Waals surface area (Å²) >= 11 is 0. The lowest BCUT2D eigenvalue weighted by Crippen LogP contribution is -2.56. The van der Waals surface area contributed by atoms with E-state index in [-0.39, 0.29) is 43.2 Å². The minimum absolute atomic E-state index is 0.0132. The highest BCUT2D eigenvalue weighted by molar-refractivity contribution is 5.89. The summed E-state index contributed by atoms with van der Waals surface area (Å²) < 4.78 is 14.0. The van der Waals surface area contributed by atoms with Crippen LogP contribution >= 0.6 is 0 Å². The van der Waals surface area contributed by atoms with E-state index in [0.29, 0.717) is 31.6 Å². The molecular formula is C19H28FN3O3. The van der Waals surface area contributed by atoms with Crippen LogP contribution in [0.5, 0.6) is 0 Å². The number of hydrogen-bond acceptors (Lipinski definition) is 4. The third-order valence-corrected chi connectivity index (χ3v) is 4.64. The van der Waals surface area contributed by atoms with E-state index in [9.17, 15) is 14.0 Å². The summed E-state index contributed by atoms with van der Waals surface area (Å²) in [6.45, 7) is 5.62. The quantitative estimate of drug-likeness (QED) is 0.725. The van der Waals surface area contributed by atoms with Crippen LogP contribution in [0.2, 0.25) is 0 Å². The number of rotatable bonds is 8. The molecule has 1 aromatic rings. The number of halogens is 1. The molecule has 1 aromatic carbocycles. The number of nitrogens with zero attached hydrogens (tertiary/aromatic N) is 2. The Morgan fingerprint density at radius 3 is 2.81 bits per heavy atom. The van der Waals surface area contributed by atoms with Gasteiger partial charge in [-0.15, -0.1) is 0 Å². The molecule has 1 heterocycles. The third kappa shape index (κ3) is 5.25. The van der Waals surface area contributed by atoms with E-state index in [0.717, 1.165) is 0 Å². The maximum absolute atomic E-state index is 14.0. The first-order valence-electron chi connectivity index (χ1n) is 9.09. The number of hydrogen-bond donors (Lipinski definition) is 2. The predicted molar refractivity (Wildman–Crippen MR) is 96.8 cm³/mol. The summed E-state index contributed by atoms with van der Waals surface area (Å²) in [6, 6.07) is 5.85. The molecule has 0 bridgehead atoms. The maximum atomic E-state index is 14.0. The number of aliphatic hydroxyl groups excluding tert-OH is 1. The topological polar surface area (TPSA) is 72.9 Å². The van der Waals surface area contributed by atoms with Crippen LogP contribution in [0.1, 0.15) is 32.3 Å². The number of aliphatic hydroxyl groups is 1. The van der Waals surface area contributed by atoms with Gasteiger partial charge in [0, 0.05) is 44.4 Å². The fourth-order valence-electron chi connectivity index (χ4n) is 3.21. The lowest BCUT2D eigenvalue weighted by molar-refractivity contribution is -0.140. The van der Waals surface area contributed by atoms with Crippen LogP contribution in [0.3, 0.4) is 0 Å². The van der Waals surface area contributed by atoms with E-state index in [1.165, 1.54) is 6.07 Å². The van der Waals surface area contributed by atoms with E-state index >= 15 is 0 Å². The number of amides is 2. The minimum Gasteiger partial charge on any atom is -0.396 e. The van der Waals surface area contributed by atoms with Gasteiger partial charge in [0.15, 0.2) is 0 Å². The molecule has 1 saturated heterocycles. The van der Waals surface area contributed by atoms with Crippen molar-refractivity contribution >= 4 is 11.8 Å². The van der Waals surface area contributed by atoms with Crippen molar-refractivity contribution in [2.24, 2.45) is 0 Å². The summed E-state index contributed by atoms with van der Waals surface area (Å²) in [4.78, 5) is 28.6. The molecule has 6 nitrogen and oxygen atoms in total. The molecule has 0 radical (unpaired) electrons. The Labute approximate surface area is 154 Å². The van der Waals surface area contributed by atoms with Crippen molar-refractivity contribution in [3.8, 4) is 0 Å². The summed E-state index contributed by atoms with van der Waals surface area (Å²) in [7, 11) is 0. The molecule has 144 valence electrons. The van der Waals surface area contributed by atoms with Gasteiger partial charge in [-0.2, -0.15) is 0 Å². The summed E-state index contributed by atoms with van der Waals surface area (Å²) in [5, 5.41) is 11.8. The van der Waals surface area contributed by atoms with Crippen LogP contribution in [-0.4, -0.2) is 65.0 Å². The molecule has 2 amide bonds. The van der Waals surface area contributed by atoms with Gasteiger partial charge in [0.05, 0.1) is 12.5 Å². The molecule has 1 aliphatic rings. The van der Waals surface area contributed by atoms with E-state index in [1.807, 2.05) is 18.7 Å². The second-order valence-corrected chi connectivity index (χ2v) is 6.83. The average Bonchev–Trinajstić information content (AvgIpc) is 2.60. The van der Waals surface area contributed by atoms with Crippen LogP contribution in [0.4, 0.5) is 4.39 Å². The van der Waals surface area contributed by atoms with Crippen LogP contribution < -0.4 is 5.32 Å². The fraction of sp³-hybridized carbons (Fsp3) is 0.579. The molecule has 0 aliphatic carbocycles. The van der Waals surface area contributed by atoms with Crippen molar-refractivity contribution in [1.82, 2.24) is 15.1 Å². The molecule has 26 heavy (non-hydrogen) atoms. The largest absolute Gasteiger partial charge is 0.396 e. The Morgan fingerprint density at radius 1 is 1.42 bits per heavy atom. The zero-order valence-corrected chi connectivity index (χ0v) is 15.4. The second-order valence-electron chi connectivity index (χ2n) is 6.83. The molecule has 0 spiro atoms. The van der Waals surface area contributed by atoms with Gasteiger partial charge in [-0.3, -0.25) is 14.5 Å². The fourth-order valence-corrected chi connectivity index (χ4v) is 3.21. The van der Waals surface area contributed by atoms with Gasteiger partial charge in [-0.25, -0.2) is 4.39 Å². The third-order valence-electron chi connectivity index (χ3n) is 4.64. The van der Waals surface area contributed by atoms with Gasteiger partial charge in [0.25, 0.3) is 0 Å². The molecule has 0 saturated carbocycles. The standard InChI is InChI=1S/C19H28FN3O3/c1-14(2)23(9-5-11-24)18(25)12-17-19(26)21-8-10-22(17)13-15-6-3-4-7-16(15)20/h3-4,6-7,14,17,24H,5,8-13H2,1-2H3,(H,21,26)/t17-/m1/s1. The summed E-state index contributed by atoms with van der Waals surface area (Å²) in [6.07, 6.45) is 0.545. The van der Waals surface area contributed by atoms with Gasteiger partial charge in [0.2, 0.25) is 11.8 Å². The zero-order valence-electron chi connectivity index (χ0n) is 15.4. The highest BCUT2D eigenvalue weighted by atomic mass is 19.1. The molecule has 1 atom stereocenters. The average molecular weight is 365 g/mol. The van der Waals surface area contributed by atoms with E-state index in [4.69, 9.17) is 5.11 Å². The molecule has 1 fully saturated rings. The Bertz CT molecular complexity index is 624.